The Kier molecular flexibility index (Phi) is 4.13. The predicted octanol–water partition coefficient (Wildman–Crippen LogP) is 2.96. The van der Waals surface area contributed by atoms with Gasteiger partial charge in [-0.25, -0.2) is 13.1 Å². The van der Waals surface area contributed by atoms with E-state index in [9.17, 15) is 13.2 Å². The van der Waals surface area contributed by atoms with Gasteiger partial charge in [-0.3, -0.25) is 4.79 Å². The van der Waals surface area contributed by atoms with Crippen molar-refractivity contribution in [2.24, 2.45) is 23.2 Å². The van der Waals surface area contributed by atoms with Crippen LogP contribution in [0.1, 0.15) is 56.9 Å². The number of hydrogen-bond donors (Lipinski definition) is 2. The van der Waals surface area contributed by atoms with Gasteiger partial charge in [-0.15, -0.1) is 0 Å². The number of carbonyl (C=O) groups excluding carboxylic acids is 1. The molecule has 1 amide bonds. The molecule has 0 radical (unpaired) electrons. The minimum absolute atomic E-state index is 0.106. The second-order valence-corrected chi connectivity index (χ2v) is 11.1. The lowest BCUT2D eigenvalue weighted by Crippen LogP contribution is -2.53. The van der Waals surface area contributed by atoms with Crippen molar-refractivity contribution in [3.05, 3.63) is 29.8 Å². The van der Waals surface area contributed by atoms with Crippen LogP contribution in [0.25, 0.3) is 0 Å². The van der Waals surface area contributed by atoms with E-state index in [1.807, 2.05) is 0 Å². The molecule has 146 valence electrons. The third-order valence-corrected chi connectivity index (χ3v) is 8.64. The quantitative estimate of drug-likeness (QED) is 0.787. The van der Waals surface area contributed by atoms with Crippen molar-refractivity contribution < 1.29 is 13.2 Å². The van der Waals surface area contributed by atoms with Crippen molar-refractivity contribution >= 4 is 15.9 Å². The van der Waals surface area contributed by atoms with E-state index in [1.54, 1.807) is 24.3 Å². The van der Waals surface area contributed by atoms with Gasteiger partial charge in [0.05, 0.1) is 4.90 Å². The van der Waals surface area contributed by atoms with Gasteiger partial charge in [0.1, 0.15) is 0 Å². The maximum Gasteiger partial charge on any atom is 0.240 e. The lowest BCUT2D eigenvalue weighted by atomic mass is 9.49. The molecule has 2 N–H and O–H groups in total. The molecule has 5 saturated carbocycles. The molecule has 0 atom stereocenters. The van der Waals surface area contributed by atoms with Gasteiger partial charge in [0.15, 0.2) is 0 Å². The van der Waals surface area contributed by atoms with Gasteiger partial charge in [-0.2, -0.15) is 0 Å². The number of benzene rings is 1. The molecule has 4 bridgehead atoms. The molecule has 0 unspecified atom stereocenters. The first-order valence-electron chi connectivity index (χ1n) is 10.3. The first-order valence-corrected chi connectivity index (χ1v) is 11.8. The van der Waals surface area contributed by atoms with E-state index in [2.05, 4.69) is 10.0 Å². The molecule has 1 aromatic carbocycles. The summed E-state index contributed by atoms with van der Waals surface area (Å²) in [7, 11) is -3.41. The van der Waals surface area contributed by atoms with Gasteiger partial charge in [-0.1, -0.05) is 12.1 Å². The molecule has 0 aromatic heterocycles. The van der Waals surface area contributed by atoms with Gasteiger partial charge in [0.2, 0.25) is 15.9 Å². The molecular weight excluding hydrogens is 360 g/mol. The summed E-state index contributed by atoms with van der Waals surface area (Å²) < 4.78 is 27.2. The number of nitrogens with one attached hydrogen (secondary N) is 2. The van der Waals surface area contributed by atoms with Gasteiger partial charge >= 0.3 is 0 Å². The SMILES string of the molecule is O=C(NCc1ccc(S(=O)(=O)NC2CC2)cc1)C12CC3CC(CC(C3)C1)C2. The molecule has 0 saturated heterocycles. The Morgan fingerprint density at radius 2 is 1.52 bits per heavy atom. The molecule has 0 aliphatic heterocycles. The molecular formula is C21H28N2O3S. The lowest BCUT2D eigenvalue weighted by molar-refractivity contribution is -0.146. The molecule has 6 rings (SSSR count). The zero-order valence-electron chi connectivity index (χ0n) is 15.6. The fourth-order valence-corrected chi connectivity index (χ4v) is 7.34. The zero-order valence-corrected chi connectivity index (χ0v) is 16.4. The van der Waals surface area contributed by atoms with Crippen LogP contribution in [0, 0.1) is 23.2 Å². The van der Waals surface area contributed by atoms with E-state index in [0.717, 1.165) is 55.4 Å². The van der Waals surface area contributed by atoms with Crippen LogP contribution >= 0.6 is 0 Å². The third kappa shape index (κ3) is 3.42. The Balaban J connectivity index is 1.22. The predicted molar refractivity (Wildman–Crippen MR) is 102 cm³/mol. The molecule has 27 heavy (non-hydrogen) atoms. The van der Waals surface area contributed by atoms with Gasteiger partial charge in [-0.05, 0) is 86.8 Å². The second kappa shape index (κ2) is 6.31. The Morgan fingerprint density at radius 3 is 2.04 bits per heavy atom. The highest BCUT2D eigenvalue weighted by Gasteiger charge is 2.54. The Bertz CT molecular complexity index is 807. The third-order valence-electron chi connectivity index (χ3n) is 7.11. The summed E-state index contributed by atoms with van der Waals surface area (Å²) in [4.78, 5) is 13.3. The van der Waals surface area contributed by atoms with Crippen molar-refractivity contribution in [2.75, 3.05) is 0 Å². The lowest BCUT2D eigenvalue weighted by Gasteiger charge is -2.55. The van der Waals surface area contributed by atoms with Crippen LogP contribution in [0.15, 0.2) is 29.2 Å². The van der Waals surface area contributed by atoms with E-state index in [1.165, 1.54) is 19.3 Å². The second-order valence-electron chi connectivity index (χ2n) is 9.42. The Hall–Kier alpha value is -1.40. The number of amides is 1. The largest absolute Gasteiger partial charge is 0.352 e. The molecule has 0 heterocycles. The fraction of sp³-hybridized carbons (Fsp3) is 0.667. The van der Waals surface area contributed by atoms with Gasteiger partial charge < -0.3 is 5.32 Å². The Morgan fingerprint density at radius 1 is 0.963 bits per heavy atom. The molecule has 5 aliphatic rings. The molecule has 5 aliphatic carbocycles. The first-order chi connectivity index (χ1) is 12.9. The van der Waals surface area contributed by atoms with Crippen LogP contribution in [-0.2, 0) is 21.4 Å². The summed E-state index contributed by atoms with van der Waals surface area (Å²) in [6.45, 7) is 0.469. The molecule has 0 spiro atoms. The van der Waals surface area contributed by atoms with Crippen molar-refractivity contribution in [1.29, 1.82) is 0 Å². The average molecular weight is 389 g/mol. The summed E-state index contributed by atoms with van der Waals surface area (Å²) in [5, 5.41) is 3.15. The summed E-state index contributed by atoms with van der Waals surface area (Å²) >= 11 is 0. The number of hydrogen-bond acceptors (Lipinski definition) is 3. The normalized spacial score (nSPS) is 34.6. The van der Waals surface area contributed by atoms with Crippen molar-refractivity contribution in [3.63, 3.8) is 0 Å². The average Bonchev–Trinajstić information content (AvgIpc) is 3.42. The zero-order chi connectivity index (χ0) is 18.6. The maximum atomic E-state index is 13.0. The fourth-order valence-electron chi connectivity index (χ4n) is 6.03. The molecule has 6 heteroatoms. The van der Waals surface area contributed by atoms with Crippen molar-refractivity contribution in [3.8, 4) is 0 Å². The van der Waals surface area contributed by atoms with E-state index in [-0.39, 0.29) is 17.4 Å². The van der Waals surface area contributed by atoms with Crippen LogP contribution in [0.3, 0.4) is 0 Å². The first kappa shape index (κ1) is 17.7. The molecule has 5 fully saturated rings. The highest BCUT2D eigenvalue weighted by atomic mass is 32.2. The van der Waals surface area contributed by atoms with E-state index in [0.29, 0.717) is 11.4 Å². The standard InChI is InChI=1S/C21H28N2O3S/c24-20(21-10-15-7-16(11-21)9-17(8-15)12-21)22-13-14-1-5-19(6-2-14)27(25,26)23-18-3-4-18/h1-2,5-6,15-18,23H,3-4,7-13H2,(H,22,24). The minimum atomic E-state index is -3.41. The van der Waals surface area contributed by atoms with E-state index in [4.69, 9.17) is 0 Å². The highest BCUT2D eigenvalue weighted by molar-refractivity contribution is 7.89. The Labute approximate surface area is 161 Å². The van der Waals surface area contributed by atoms with Crippen LogP contribution in [-0.4, -0.2) is 20.4 Å². The topological polar surface area (TPSA) is 75.3 Å². The summed E-state index contributed by atoms with van der Waals surface area (Å²) in [5.74, 6) is 2.48. The van der Waals surface area contributed by atoms with Crippen LogP contribution < -0.4 is 10.0 Å². The maximum absolute atomic E-state index is 13.0. The van der Waals surface area contributed by atoms with Gasteiger partial charge in [0.25, 0.3) is 0 Å². The smallest absolute Gasteiger partial charge is 0.240 e. The minimum Gasteiger partial charge on any atom is -0.352 e. The highest BCUT2D eigenvalue weighted by Crippen LogP contribution is 2.60. The monoisotopic (exact) mass is 388 g/mol. The molecule has 5 nitrogen and oxygen atoms in total. The summed E-state index contributed by atoms with van der Waals surface area (Å²) in [6.07, 6.45) is 9.03. The van der Waals surface area contributed by atoms with Crippen molar-refractivity contribution in [2.45, 2.75) is 68.8 Å². The van der Waals surface area contributed by atoms with E-state index >= 15 is 0 Å². The number of rotatable bonds is 6. The van der Waals surface area contributed by atoms with Crippen LogP contribution in [0.4, 0.5) is 0 Å². The summed E-state index contributed by atoms with van der Waals surface area (Å²) in [6, 6.07) is 6.99. The van der Waals surface area contributed by atoms with Crippen LogP contribution in [0.2, 0.25) is 0 Å². The molecule has 1 aromatic rings. The van der Waals surface area contributed by atoms with E-state index < -0.39 is 10.0 Å². The van der Waals surface area contributed by atoms with Crippen LogP contribution in [0.5, 0.6) is 0 Å². The van der Waals surface area contributed by atoms with Crippen molar-refractivity contribution in [1.82, 2.24) is 10.0 Å². The number of sulfonamides is 1. The van der Waals surface area contributed by atoms with Gasteiger partial charge in [0, 0.05) is 18.0 Å². The summed E-state index contributed by atoms with van der Waals surface area (Å²) in [5.41, 5.74) is 0.810. The number of carbonyl (C=O) groups is 1.